The third-order valence-electron chi connectivity index (χ3n) is 3.78. The molecule has 21 heavy (non-hydrogen) atoms. The standard InChI is InChI=1S/C15H22N2O4/c1-3-7-21-14-6-4-5-13(15(14)17(19)20)16(2)10-11-8-12(18)9-11/h4-6,11-12,18H,3,7-10H2,1-2H3. The summed E-state index contributed by atoms with van der Waals surface area (Å²) in [5.74, 6) is 0.713. The summed E-state index contributed by atoms with van der Waals surface area (Å²) >= 11 is 0. The van der Waals surface area contributed by atoms with Gasteiger partial charge in [-0.15, -0.1) is 0 Å². The van der Waals surface area contributed by atoms with Gasteiger partial charge in [-0.3, -0.25) is 10.1 Å². The summed E-state index contributed by atoms with van der Waals surface area (Å²) in [6.07, 6.45) is 2.13. The Labute approximate surface area is 124 Å². The second kappa shape index (κ2) is 6.76. The summed E-state index contributed by atoms with van der Waals surface area (Å²) in [6, 6.07) is 5.16. The van der Waals surface area contributed by atoms with Gasteiger partial charge in [-0.1, -0.05) is 13.0 Å². The predicted molar refractivity (Wildman–Crippen MR) is 80.9 cm³/mol. The van der Waals surface area contributed by atoms with Gasteiger partial charge in [-0.2, -0.15) is 0 Å². The van der Waals surface area contributed by atoms with Crippen LogP contribution in [0.3, 0.4) is 0 Å². The van der Waals surface area contributed by atoms with Crippen molar-refractivity contribution in [1.82, 2.24) is 0 Å². The Morgan fingerprint density at radius 1 is 1.48 bits per heavy atom. The topological polar surface area (TPSA) is 75.8 Å². The zero-order valence-electron chi connectivity index (χ0n) is 12.5. The first-order chi connectivity index (χ1) is 10.0. The summed E-state index contributed by atoms with van der Waals surface area (Å²) in [5.41, 5.74) is 0.586. The molecule has 1 aromatic carbocycles. The molecule has 1 N–H and O–H groups in total. The van der Waals surface area contributed by atoms with Crippen molar-refractivity contribution in [2.24, 2.45) is 5.92 Å². The van der Waals surface area contributed by atoms with Crippen LogP contribution in [0.15, 0.2) is 18.2 Å². The quantitative estimate of drug-likeness (QED) is 0.618. The monoisotopic (exact) mass is 294 g/mol. The third kappa shape index (κ3) is 3.64. The summed E-state index contributed by atoms with van der Waals surface area (Å²) in [5, 5.41) is 20.7. The molecule has 1 aliphatic rings. The highest BCUT2D eigenvalue weighted by atomic mass is 16.6. The zero-order valence-corrected chi connectivity index (χ0v) is 12.5. The summed E-state index contributed by atoms with van der Waals surface area (Å²) in [7, 11) is 1.84. The Morgan fingerprint density at radius 3 is 2.76 bits per heavy atom. The van der Waals surface area contributed by atoms with Crippen LogP contribution in [-0.4, -0.2) is 36.3 Å². The highest BCUT2D eigenvalue weighted by molar-refractivity contribution is 5.69. The minimum atomic E-state index is -0.382. The lowest BCUT2D eigenvalue weighted by Gasteiger charge is -2.35. The minimum Gasteiger partial charge on any atom is -0.487 e. The van der Waals surface area contributed by atoms with E-state index in [0.29, 0.717) is 30.5 Å². The van der Waals surface area contributed by atoms with Crippen molar-refractivity contribution in [3.05, 3.63) is 28.3 Å². The van der Waals surface area contributed by atoms with Crippen LogP contribution in [0, 0.1) is 16.0 Å². The van der Waals surface area contributed by atoms with Crippen LogP contribution in [0.4, 0.5) is 11.4 Å². The van der Waals surface area contributed by atoms with Crippen molar-refractivity contribution < 1.29 is 14.8 Å². The molecule has 1 fully saturated rings. The number of anilines is 1. The van der Waals surface area contributed by atoms with Gasteiger partial charge in [-0.25, -0.2) is 0 Å². The number of nitrogens with zero attached hydrogens (tertiary/aromatic N) is 2. The highest BCUT2D eigenvalue weighted by Crippen LogP contribution is 2.38. The van der Waals surface area contributed by atoms with Crippen LogP contribution in [0.5, 0.6) is 5.75 Å². The van der Waals surface area contributed by atoms with Crippen LogP contribution in [0.1, 0.15) is 26.2 Å². The molecule has 2 rings (SSSR count). The van der Waals surface area contributed by atoms with Gasteiger partial charge in [0.25, 0.3) is 0 Å². The first-order valence-corrected chi connectivity index (χ1v) is 7.32. The maximum Gasteiger partial charge on any atom is 0.333 e. The molecule has 0 heterocycles. The summed E-state index contributed by atoms with van der Waals surface area (Å²) in [4.78, 5) is 12.9. The molecule has 0 unspecified atom stereocenters. The van der Waals surface area contributed by atoms with E-state index >= 15 is 0 Å². The molecule has 0 bridgehead atoms. The maximum absolute atomic E-state index is 11.4. The van der Waals surface area contributed by atoms with E-state index in [1.165, 1.54) is 0 Å². The van der Waals surface area contributed by atoms with Crippen molar-refractivity contribution in [2.75, 3.05) is 25.1 Å². The lowest BCUT2D eigenvalue weighted by Crippen LogP contribution is -2.37. The fraction of sp³-hybridized carbons (Fsp3) is 0.600. The molecule has 1 aliphatic carbocycles. The van der Waals surface area contributed by atoms with Crippen molar-refractivity contribution in [3.63, 3.8) is 0 Å². The molecular formula is C15H22N2O4. The highest BCUT2D eigenvalue weighted by Gasteiger charge is 2.30. The van der Waals surface area contributed by atoms with Crippen LogP contribution in [0.25, 0.3) is 0 Å². The summed E-state index contributed by atoms with van der Waals surface area (Å²) < 4.78 is 5.49. The number of aliphatic hydroxyl groups is 1. The van der Waals surface area contributed by atoms with Gasteiger partial charge < -0.3 is 14.7 Å². The second-order valence-corrected chi connectivity index (χ2v) is 5.60. The molecule has 0 atom stereocenters. The molecule has 0 spiro atoms. The van der Waals surface area contributed by atoms with Crippen LogP contribution >= 0.6 is 0 Å². The van der Waals surface area contributed by atoms with Crippen molar-refractivity contribution in [2.45, 2.75) is 32.3 Å². The Balaban J connectivity index is 2.18. The third-order valence-corrected chi connectivity index (χ3v) is 3.78. The number of hydrogen-bond donors (Lipinski definition) is 1. The van der Waals surface area contributed by atoms with E-state index in [2.05, 4.69) is 0 Å². The van der Waals surface area contributed by atoms with Gasteiger partial charge >= 0.3 is 5.69 Å². The molecule has 6 heteroatoms. The smallest absolute Gasteiger partial charge is 0.333 e. The van der Waals surface area contributed by atoms with Crippen LogP contribution in [-0.2, 0) is 0 Å². The molecule has 0 radical (unpaired) electrons. The first-order valence-electron chi connectivity index (χ1n) is 7.32. The number of para-hydroxylation sites is 1. The Hall–Kier alpha value is -1.82. The van der Waals surface area contributed by atoms with E-state index in [4.69, 9.17) is 4.74 Å². The minimum absolute atomic E-state index is 0.0216. The van der Waals surface area contributed by atoms with Crippen LogP contribution < -0.4 is 9.64 Å². The molecule has 0 aliphatic heterocycles. The van der Waals surface area contributed by atoms with Crippen molar-refractivity contribution in [3.8, 4) is 5.75 Å². The Morgan fingerprint density at radius 2 is 2.19 bits per heavy atom. The molecule has 0 aromatic heterocycles. The van der Waals surface area contributed by atoms with Crippen molar-refractivity contribution in [1.29, 1.82) is 0 Å². The van der Waals surface area contributed by atoms with E-state index in [0.717, 1.165) is 19.3 Å². The fourth-order valence-corrected chi connectivity index (χ4v) is 2.67. The fourth-order valence-electron chi connectivity index (χ4n) is 2.67. The van der Waals surface area contributed by atoms with Gasteiger partial charge in [-0.05, 0) is 37.3 Å². The number of aliphatic hydroxyl groups excluding tert-OH is 1. The number of nitro benzene ring substituents is 1. The van der Waals surface area contributed by atoms with E-state index < -0.39 is 0 Å². The Kier molecular flexibility index (Phi) is 5.01. The largest absolute Gasteiger partial charge is 0.487 e. The van der Waals surface area contributed by atoms with Crippen LogP contribution in [0.2, 0.25) is 0 Å². The zero-order chi connectivity index (χ0) is 15.4. The number of rotatable bonds is 7. The van der Waals surface area contributed by atoms with E-state index in [1.807, 2.05) is 18.9 Å². The molecule has 116 valence electrons. The van der Waals surface area contributed by atoms with E-state index in [1.54, 1.807) is 18.2 Å². The average Bonchev–Trinajstić information content (AvgIpc) is 2.42. The molecular weight excluding hydrogens is 272 g/mol. The number of nitro groups is 1. The lowest BCUT2D eigenvalue weighted by atomic mass is 9.82. The number of benzene rings is 1. The number of ether oxygens (including phenoxy) is 1. The SMILES string of the molecule is CCCOc1cccc(N(C)CC2CC(O)C2)c1[N+](=O)[O-]. The number of hydrogen-bond acceptors (Lipinski definition) is 5. The normalized spacial score (nSPS) is 20.7. The molecule has 0 saturated heterocycles. The molecule has 1 saturated carbocycles. The molecule has 0 amide bonds. The predicted octanol–water partition coefficient (Wildman–Crippen LogP) is 2.59. The second-order valence-electron chi connectivity index (χ2n) is 5.60. The van der Waals surface area contributed by atoms with E-state index in [-0.39, 0.29) is 16.7 Å². The first kappa shape index (κ1) is 15.6. The van der Waals surface area contributed by atoms with Gasteiger partial charge in [0.1, 0.15) is 5.69 Å². The summed E-state index contributed by atoms with van der Waals surface area (Å²) in [6.45, 7) is 3.13. The Bertz CT molecular complexity index is 500. The van der Waals surface area contributed by atoms with Crippen molar-refractivity contribution >= 4 is 11.4 Å². The maximum atomic E-state index is 11.4. The van der Waals surface area contributed by atoms with Gasteiger partial charge in [0.05, 0.1) is 17.6 Å². The van der Waals surface area contributed by atoms with Gasteiger partial charge in [0.15, 0.2) is 5.75 Å². The lowest BCUT2D eigenvalue weighted by molar-refractivity contribution is -0.385. The molecule has 6 nitrogen and oxygen atoms in total. The van der Waals surface area contributed by atoms with Gasteiger partial charge in [0.2, 0.25) is 0 Å². The van der Waals surface area contributed by atoms with E-state index in [9.17, 15) is 15.2 Å². The molecule has 1 aromatic rings. The average molecular weight is 294 g/mol. The van der Waals surface area contributed by atoms with Gasteiger partial charge in [0, 0.05) is 13.6 Å².